The number of nitro groups is 1. The van der Waals surface area contributed by atoms with Gasteiger partial charge in [0.25, 0.3) is 0 Å². The van der Waals surface area contributed by atoms with Crippen molar-refractivity contribution in [3.63, 3.8) is 0 Å². The number of nitrogens with zero attached hydrogens (tertiary/aromatic N) is 3. The number of aliphatic hydroxyl groups is 2. The highest BCUT2D eigenvalue weighted by molar-refractivity contribution is 5.26. The Bertz CT molecular complexity index is 391. The second-order valence-corrected chi connectivity index (χ2v) is 3.83. The SMILES string of the molecule is CN(CCO)C(C)(O)c1ccc([N+](=O)[O-])nc1. The van der Waals surface area contributed by atoms with Gasteiger partial charge in [-0.25, -0.2) is 0 Å². The fourth-order valence-corrected chi connectivity index (χ4v) is 1.36. The van der Waals surface area contributed by atoms with Crippen LogP contribution in [-0.4, -0.2) is 45.2 Å². The topological polar surface area (TPSA) is 99.7 Å². The zero-order chi connectivity index (χ0) is 13.1. The van der Waals surface area contributed by atoms with E-state index in [-0.39, 0.29) is 19.0 Å². The van der Waals surface area contributed by atoms with Crippen molar-refractivity contribution in [2.75, 3.05) is 20.2 Å². The third-order valence-electron chi connectivity index (χ3n) is 2.66. The summed E-state index contributed by atoms with van der Waals surface area (Å²) in [4.78, 5) is 15.0. The van der Waals surface area contributed by atoms with Gasteiger partial charge in [0, 0.05) is 18.2 Å². The fourth-order valence-electron chi connectivity index (χ4n) is 1.36. The fraction of sp³-hybridized carbons (Fsp3) is 0.500. The van der Waals surface area contributed by atoms with E-state index in [4.69, 9.17) is 5.11 Å². The highest BCUT2D eigenvalue weighted by Crippen LogP contribution is 2.24. The molecule has 0 bridgehead atoms. The maximum absolute atomic E-state index is 10.4. The van der Waals surface area contributed by atoms with Crippen molar-refractivity contribution in [3.05, 3.63) is 34.0 Å². The van der Waals surface area contributed by atoms with Crippen LogP contribution in [0.15, 0.2) is 18.3 Å². The van der Waals surface area contributed by atoms with Gasteiger partial charge in [-0.3, -0.25) is 4.90 Å². The van der Waals surface area contributed by atoms with E-state index in [0.717, 1.165) is 0 Å². The van der Waals surface area contributed by atoms with Gasteiger partial charge in [0.1, 0.15) is 11.9 Å². The molecule has 1 unspecified atom stereocenters. The first-order valence-electron chi connectivity index (χ1n) is 5.05. The van der Waals surface area contributed by atoms with Crippen LogP contribution in [0.1, 0.15) is 12.5 Å². The Balaban J connectivity index is 2.95. The smallest absolute Gasteiger partial charge is 0.363 e. The molecule has 94 valence electrons. The molecule has 0 aliphatic rings. The van der Waals surface area contributed by atoms with Crippen molar-refractivity contribution < 1.29 is 15.1 Å². The third-order valence-corrected chi connectivity index (χ3v) is 2.66. The predicted octanol–water partition coefficient (Wildman–Crippen LogP) is 0.0789. The molecule has 0 aliphatic carbocycles. The van der Waals surface area contributed by atoms with Crippen molar-refractivity contribution in [1.82, 2.24) is 9.88 Å². The average molecular weight is 241 g/mol. The van der Waals surface area contributed by atoms with Crippen LogP contribution in [0, 0.1) is 10.1 Å². The summed E-state index contributed by atoms with van der Waals surface area (Å²) in [7, 11) is 1.64. The van der Waals surface area contributed by atoms with E-state index in [0.29, 0.717) is 5.56 Å². The lowest BCUT2D eigenvalue weighted by Gasteiger charge is -2.32. The van der Waals surface area contributed by atoms with Crippen LogP contribution in [-0.2, 0) is 5.72 Å². The first-order valence-corrected chi connectivity index (χ1v) is 5.05. The van der Waals surface area contributed by atoms with E-state index in [9.17, 15) is 15.2 Å². The van der Waals surface area contributed by atoms with Gasteiger partial charge in [-0.1, -0.05) is 0 Å². The molecule has 0 amide bonds. The van der Waals surface area contributed by atoms with Crippen LogP contribution in [0.3, 0.4) is 0 Å². The van der Waals surface area contributed by atoms with Gasteiger partial charge in [-0.2, -0.15) is 0 Å². The Kier molecular flexibility index (Phi) is 4.11. The highest BCUT2D eigenvalue weighted by atomic mass is 16.6. The molecule has 1 heterocycles. The molecule has 0 fully saturated rings. The van der Waals surface area contributed by atoms with Gasteiger partial charge in [0.05, 0.1) is 6.61 Å². The van der Waals surface area contributed by atoms with Crippen LogP contribution in [0.2, 0.25) is 0 Å². The van der Waals surface area contributed by atoms with Crippen LogP contribution in [0.4, 0.5) is 5.82 Å². The number of pyridine rings is 1. The Morgan fingerprint density at radius 3 is 2.65 bits per heavy atom. The first kappa shape index (κ1) is 13.5. The molecule has 0 spiro atoms. The lowest BCUT2D eigenvalue weighted by molar-refractivity contribution is -0.389. The quantitative estimate of drug-likeness (QED) is 0.430. The van der Waals surface area contributed by atoms with E-state index in [1.807, 2.05) is 0 Å². The summed E-state index contributed by atoms with van der Waals surface area (Å²) in [5.74, 6) is -0.269. The number of likely N-dealkylation sites (N-methyl/N-ethyl adjacent to an activating group) is 1. The minimum Gasteiger partial charge on any atom is -0.395 e. The molecule has 2 N–H and O–H groups in total. The van der Waals surface area contributed by atoms with Crippen LogP contribution >= 0.6 is 0 Å². The molecule has 0 aromatic carbocycles. The van der Waals surface area contributed by atoms with Gasteiger partial charge < -0.3 is 20.3 Å². The Morgan fingerprint density at radius 2 is 2.24 bits per heavy atom. The maximum atomic E-state index is 10.4. The van der Waals surface area contributed by atoms with E-state index in [1.54, 1.807) is 7.05 Å². The standard InChI is InChI=1S/C10H15N3O4/c1-10(15,12(2)5-6-14)8-3-4-9(11-7-8)13(16)17/h3-4,7,14-15H,5-6H2,1-2H3. The van der Waals surface area contributed by atoms with Crippen molar-refractivity contribution in [3.8, 4) is 0 Å². The molecule has 0 saturated carbocycles. The second kappa shape index (κ2) is 5.17. The number of aromatic nitrogens is 1. The lowest BCUT2D eigenvalue weighted by atomic mass is 10.1. The summed E-state index contributed by atoms with van der Waals surface area (Å²) >= 11 is 0. The minimum atomic E-state index is -1.33. The lowest BCUT2D eigenvalue weighted by Crippen LogP contribution is -2.42. The summed E-state index contributed by atoms with van der Waals surface area (Å²) in [5, 5.41) is 29.5. The average Bonchev–Trinajstić information content (AvgIpc) is 2.29. The van der Waals surface area contributed by atoms with Gasteiger partial charge in [0.15, 0.2) is 0 Å². The number of aliphatic hydroxyl groups excluding tert-OH is 1. The predicted molar refractivity (Wildman–Crippen MR) is 60.2 cm³/mol. The number of hydrogen-bond donors (Lipinski definition) is 2. The highest BCUT2D eigenvalue weighted by Gasteiger charge is 2.29. The number of rotatable bonds is 5. The van der Waals surface area contributed by atoms with E-state index in [2.05, 4.69) is 4.98 Å². The van der Waals surface area contributed by atoms with E-state index >= 15 is 0 Å². The van der Waals surface area contributed by atoms with Crippen molar-refractivity contribution >= 4 is 5.82 Å². The summed E-state index contributed by atoms with van der Waals surface area (Å²) in [5.41, 5.74) is -0.899. The molecule has 7 heteroatoms. The molecule has 1 atom stereocenters. The summed E-state index contributed by atoms with van der Waals surface area (Å²) < 4.78 is 0. The summed E-state index contributed by atoms with van der Waals surface area (Å²) in [6, 6.07) is 2.68. The molecular formula is C10H15N3O4. The normalized spacial score (nSPS) is 14.6. The zero-order valence-corrected chi connectivity index (χ0v) is 9.70. The van der Waals surface area contributed by atoms with Gasteiger partial charge in [-0.15, -0.1) is 0 Å². The summed E-state index contributed by atoms with van der Waals surface area (Å²) in [6.45, 7) is 1.72. The Labute approximate surface area is 98.5 Å². The Hall–Kier alpha value is -1.57. The number of hydrogen-bond acceptors (Lipinski definition) is 6. The minimum absolute atomic E-state index is 0.0902. The van der Waals surface area contributed by atoms with Crippen LogP contribution in [0.5, 0.6) is 0 Å². The maximum Gasteiger partial charge on any atom is 0.363 e. The molecular weight excluding hydrogens is 226 g/mol. The third kappa shape index (κ3) is 2.96. The van der Waals surface area contributed by atoms with Crippen molar-refractivity contribution in [1.29, 1.82) is 0 Å². The largest absolute Gasteiger partial charge is 0.395 e. The second-order valence-electron chi connectivity index (χ2n) is 3.83. The van der Waals surface area contributed by atoms with Gasteiger partial charge >= 0.3 is 5.82 Å². The summed E-state index contributed by atoms with van der Waals surface area (Å²) in [6.07, 6.45) is 1.26. The van der Waals surface area contributed by atoms with Crippen molar-refractivity contribution in [2.45, 2.75) is 12.6 Å². The monoisotopic (exact) mass is 241 g/mol. The van der Waals surface area contributed by atoms with Crippen molar-refractivity contribution in [2.24, 2.45) is 0 Å². The van der Waals surface area contributed by atoms with Gasteiger partial charge in [0.2, 0.25) is 0 Å². The van der Waals surface area contributed by atoms with E-state index < -0.39 is 10.6 Å². The van der Waals surface area contributed by atoms with Gasteiger partial charge in [-0.05, 0) is 29.9 Å². The zero-order valence-electron chi connectivity index (χ0n) is 9.70. The van der Waals surface area contributed by atoms with Crippen LogP contribution in [0.25, 0.3) is 0 Å². The molecule has 0 saturated heterocycles. The molecule has 0 radical (unpaired) electrons. The molecule has 7 nitrogen and oxygen atoms in total. The van der Waals surface area contributed by atoms with E-state index in [1.165, 1.54) is 30.2 Å². The molecule has 1 rings (SSSR count). The molecule has 0 aliphatic heterocycles. The van der Waals surface area contributed by atoms with Crippen LogP contribution < -0.4 is 0 Å². The first-order chi connectivity index (χ1) is 7.89. The molecule has 1 aromatic rings. The molecule has 1 aromatic heterocycles. The Morgan fingerprint density at radius 1 is 1.59 bits per heavy atom. The molecule has 17 heavy (non-hydrogen) atoms.